The maximum Gasteiger partial charge on any atom is 0.247 e. The molecule has 1 aromatic carbocycles. The van der Waals surface area contributed by atoms with Crippen LogP contribution >= 0.6 is 0 Å². The van der Waals surface area contributed by atoms with Crippen molar-refractivity contribution >= 4 is 11.8 Å². The van der Waals surface area contributed by atoms with Gasteiger partial charge in [0.1, 0.15) is 12.2 Å². The summed E-state index contributed by atoms with van der Waals surface area (Å²) in [5.41, 5.74) is 6.61. The molecule has 0 spiro atoms. The molecule has 0 unspecified atom stereocenters. The first-order valence-electron chi connectivity index (χ1n) is 4.11. The summed E-state index contributed by atoms with van der Waals surface area (Å²) in [5, 5.41) is 6.28. The van der Waals surface area contributed by atoms with E-state index in [0.29, 0.717) is 11.8 Å². The first kappa shape index (κ1) is 8.43. The van der Waals surface area contributed by atoms with E-state index in [1.165, 1.54) is 6.33 Å². The van der Waals surface area contributed by atoms with E-state index in [1.54, 1.807) is 0 Å². The summed E-state index contributed by atoms with van der Waals surface area (Å²) in [7, 11) is 0. The minimum Gasteiger partial charge on any atom is -0.383 e. The average Bonchev–Trinajstić information content (AvgIpc) is 2.72. The minimum absolute atomic E-state index is 0.409. The zero-order valence-corrected chi connectivity index (χ0v) is 7.38. The first-order chi connectivity index (χ1) is 6.86. The quantitative estimate of drug-likeness (QED) is 0.540. The molecule has 0 fully saturated rings. The molecule has 5 nitrogen and oxygen atoms in total. The first-order valence-corrected chi connectivity index (χ1v) is 4.11. The maximum atomic E-state index is 5.75. The molecular formula is C9H9N5. The zero-order valence-electron chi connectivity index (χ0n) is 7.38. The van der Waals surface area contributed by atoms with Crippen LogP contribution in [0.3, 0.4) is 0 Å². The van der Waals surface area contributed by atoms with Crippen molar-refractivity contribution in [2.45, 2.75) is 0 Å². The molecule has 0 saturated carbocycles. The van der Waals surface area contributed by atoms with Gasteiger partial charge >= 0.3 is 0 Å². The Morgan fingerprint density at radius 2 is 2.07 bits per heavy atom. The van der Waals surface area contributed by atoms with Gasteiger partial charge in [0.05, 0.1) is 0 Å². The van der Waals surface area contributed by atoms with Gasteiger partial charge in [0.2, 0.25) is 5.95 Å². The Kier molecular flexibility index (Phi) is 2.22. The van der Waals surface area contributed by atoms with E-state index in [1.807, 2.05) is 30.3 Å². The number of aromatic amines is 1. The molecule has 0 radical (unpaired) electrons. The highest BCUT2D eigenvalue weighted by Gasteiger charge is 1.98. The lowest BCUT2D eigenvalue weighted by atomic mass is 10.2. The number of nitrogens with one attached hydrogen (secondary N) is 1. The van der Waals surface area contributed by atoms with Crippen LogP contribution in [-0.4, -0.2) is 21.0 Å². The highest BCUT2D eigenvalue weighted by atomic mass is 15.3. The highest BCUT2D eigenvalue weighted by molar-refractivity contribution is 5.98. The SMILES string of the molecule is N/C(=N\c1ncn[nH]1)c1ccccc1. The van der Waals surface area contributed by atoms with Gasteiger partial charge in [-0.2, -0.15) is 15.1 Å². The van der Waals surface area contributed by atoms with Gasteiger partial charge in [-0.05, 0) is 0 Å². The zero-order chi connectivity index (χ0) is 9.80. The Hall–Kier alpha value is -2.17. The van der Waals surface area contributed by atoms with Crippen molar-refractivity contribution in [1.82, 2.24) is 15.2 Å². The van der Waals surface area contributed by atoms with Crippen LogP contribution in [0.5, 0.6) is 0 Å². The molecule has 0 aliphatic carbocycles. The van der Waals surface area contributed by atoms with Crippen LogP contribution < -0.4 is 5.73 Å². The third-order valence-corrected chi connectivity index (χ3v) is 1.70. The lowest BCUT2D eigenvalue weighted by Gasteiger charge is -1.97. The Morgan fingerprint density at radius 3 is 2.71 bits per heavy atom. The summed E-state index contributed by atoms with van der Waals surface area (Å²) in [4.78, 5) is 7.90. The molecule has 0 bridgehead atoms. The van der Waals surface area contributed by atoms with E-state index < -0.39 is 0 Å². The van der Waals surface area contributed by atoms with Crippen LogP contribution in [0.25, 0.3) is 0 Å². The smallest absolute Gasteiger partial charge is 0.247 e. The Morgan fingerprint density at radius 1 is 1.29 bits per heavy atom. The van der Waals surface area contributed by atoms with E-state index in [4.69, 9.17) is 5.73 Å². The number of nitrogens with zero attached hydrogens (tertiary/aromatic N) is 3. The molecule has 2 aromatic rings. The Labute approximate surface area is 80.7 Å². The second kappa shape index (κ2) is 3.69. The molecule has 0 saturated heterocycles. The molecular weight excluding hydrogens is 178 g/mol. The summed E-state index contributed by atoms with van der Waals surface area (Å²) in [6, 6.07) is 9.49. The maximum absolute atomic E-state index is 5.75. The molecule has 0 amide bonds. The lowest BCUT2D eigenvalue weighted by molar-refractivity contribution is 1.08. The monoisotopic (exact) mass is 187 g/mol. The largest absolute Gasteiger partial charge is 0.383 e. The minimum atomic E-state index is 0.409. The van der Waals surface area contributed by atoms with Crippen molar-refractivity contribution in [1.29, 1.82) is 0 Å². The second-order valence-electron chi connectivity index (χ2n) is 2.67. The summed E-state index contributed by atoms with van der Waals surface area (Å²) < 4.78 is 0. The number of rotatable bonds is 2. The van der Waals surface area contributed by atoms with E-state index in [2.05, 4.69) is 20.2 Å². The van der Waals surface area contributed by atoms with Crippen molar-refractivity contribution in [3.8, 4) is 0 Å². The van der Waals surface area contributed by atoms with E-state index in [9.17, 15) is 0 Å². The number of nitrogens with two attached hydrogens (primary N) is 1. The van der Waals surface area contributed by atoms with Gasteiger partial charge in [-0.15, -0.1) is 0 Å². The lowest BCUT2D eigenvalue weighted by Crippen LogP contribution is -2.12. The van der Waals surface area contributed by atoms with Crippen molar-refractivity contribution in [2.75, 3.05) is 0 Å². The van der Waals surface area contributed by atoms with Crippen LogP contribution in [-0.2, 0) is 0 Å². The van der Waals surface area contributed by atoms with Crippen LogP contribution in [0, 0.1) is 0 Å². The van der Waals surface area contributed by atoms with Gasteiger partial charge in [0, 0.05) is 5.56 Å². The topological polar surface area (TPSA) is 79.9 Å². The summed E-state index contributed by atoms with van der Waals surface area (Å²) in [6.45, 7) is 0. The molecule has 1 aromatic heterocycles. The molecule has 0 atom stereocenters. The fourth-order valence-electron chi connectivity index (χ4n) is 1.04. The summed E-state index contributed by atoms with van der Waals surface area (Å²) in [6.07, 6.45) is 1.39. The molecule has 1 heterocycles. The third-order valence-electron chi connectivity index (χ3n) is 1.70. The predicted molar refractivity (Wildman–Crippen MR) is 53.2 cm³/mol. The van der Waals surface area contributed by atoms with Gasteiger partial charge in [0.15, 0.2) is 0 Å². The van der Waals surface area contributed by atoms with Gasteiger partial charge in [0.25, 0.3) is 0 Å². The Bertz CT molecular complexity index is 418. The molecule has 5 heteroatoms. The number of H-pyrrole nitrogens is 1. The highest BCUT2D eigenvalue weighted by Crippen LogP contribution is 2.03. The molecule has 70 valence electrons. The van der Waals surface area contributed by atoms with Gasteiger partial charge in [-0.3, -0.25) is 0 Å². The number of amidine groups is 1. The van der Waals surface area contributed by atoms with Crippen molar-refractivity contribution in [2.24, 2.45) is 10.7 Å². The standard InChI is InChI=1S/C9H9N5/c10-8(7-4-2-1-3-5-7)13-9-11-6-12-14-9/h1-6H,(H3,10,11,12,13,14). The van der Waals surface area contributed by atoms with E-state index in [0.717, 1.165) is 5.56 Å². The molecule has 14 heavy (non-hydrogen) atoms. The molecule has 3 N–H and O–H groups in total. The summed E-state index contributed by atoms with van der Waals surface area (Å²) >= 11 is 0. The van der Waals surface area contributed by atoms with Crippen molar-refractivity contribution in [3.63, 3.8) is 0 Å². The van der Waals surface area contributed by atoms with Gasteiger partial charge < -0.3 is 5.73 Å². The van der Waals surface area contributed by atoms with Crippen LogP contribution in [0.4, 0.5) is 5.95 Å². The van der Waals surface area contributed by atoms with E-state index >= 15 is 0 Å². The van der Waals surface area contributed by atoms with Crippen molar-refractivity contribution < 1.29 is 0 Å². The third kappa shape index (κ3) is 1.77. The second-order valence-corrected chi connectivity index (χ2v) is 2.67. The van der Waals surface area contributed by atoms with Gasteiger partial charge in [-0.25, -0.2) is 5.10 Å². The van der Waals surface area contributed by atoms with E-state index in [-0.39, 0.29) is 0 Å². The van der Waals surface area contributed by atoms with Crippen molar-refractivity contribution in [3.05, 3.63) is 42.2 Å². The molecule has 0 aliphatic rings. The Balaban J connectivity index is 2.29. The number of aromatic nitrogens is 3. The van der Waals surface area contributed by atoms with Crippen LogP contribution in [0.1, 0.15) is 5.56 Å². The van der Waals surface area contributed by atoms with Crippen LogP contribution in [0.15, 0.2) is 41.7 Å². The van der Waals surface area contributed by atoms with Gasteiger partial charge in [-0.1, -0.05) is 30.3 Å². The summed E-state index contributed by atoms with van der Waals surface area (Å²) in [5.74, 6) is 0.828. The number of hydrogen-bond acceptors (Lipinski definition) is 3. The average molecular weight is 187 g/mol. The number of aliphatic imine (C=N–C) groups is 1. The molecule has 0 aliphatic heterocycles. The fourth-order valence-corrected chi connectivity index (χ4v) is 1.04. The number of hydrogen-bond donors (Lipinski definition) is 2. The normalized spacial score (nSPS) is 11.6. The number of benzene rings is 1. The van der Waals surface area contributed by atoms with Crippen LogP contribution in [0.2, 0.25) is 0 Å². The predicted octanol–water partition coefficient (Wildman–Crippen LogP) is 0.842. The fraction of sp³-hybridized carbons (Fsp3) is 0. The molecule has 2 rings (SSSR count).